The van der Waals surface area contributed by atoms with Gasteiger partial charge in [-0.25, -0.2) is 0 Å². The topological polar surface area (TPSA) is 95.5 Å². The maximum absolute atomic E-state index is 11.4. The van der Waals surface area contributed by atoms with Crippen molar-refractivity contribution in [2.24, 2.45) is 0 Å². The van der Waals surface area contributed by atoms with Gasteiger partial charge in [-0.15, -0.1) is 11.6 Å². The second kappa shape index (κ2) is 4.80. The second-order valence-electron chi connectivity index (χ2n) is 2.93. The molecule has 1 aromatic rings. The van der Waals surface area contributed by atoms with Crippen LogP contribution in [0.5, 0.6) is 5.75 Å². The van der Waals surface area contributed by atoms with E-state index < -0.39 is 10.7 Å². The number of nitro groups is 1. The first-order valence-corrected chi connectivity index (χ1v) is 4.75. The number of ketones is 1. The number of non-ortho nitro benzene ring substituents is 1. The predicted octanol–water partition coefficient (Wildman–Crippen LogP) is 1.61. The summed E-state index contributed by atoms with van der Waals surface area (Å²) >= 11 is 5.40. The van der Waals surface area contributed by atoms with Crippen LogP contribution in [0.2, 0.25) is 0 Å². The third kappa shape index (κ3) is 2.22. The van der Waals surface area contributed by atoms with E-state index in [4.69, 9.17) is 22.1 Å². The molecule has 86 valence electrons. The van der Waals surface area contributed by atoms with Gasteiger partial charge in [0.1, 0.15) is 5.75 Å². The average molecular weight is 245 g/mol. The van der Waals surface area contributed by atoms with Crippen molar-refractivity contribution < 1.29 is 14.5 Å². The minimum atomic E-state index is -0.617. The molecule has 0 heterocycles. The zero-order valence-corrected chi connectivity index (χ0v) is 9.15. The standard InChI is InChI=1S/C9H9ClN2O4/c1-16-8-3-5(12(14)15)2-6(11)9(8)7(13)4-10/h2-3H,4,11H2,1H3. The molecule has 0 aromatic heterocycles. The van der Waals surface area contributed by atoms with Gasteiger partial charge in [0.05, 0.1) is 35.2 Å². The van der Waals surface area contributed by atoms with Crippen LogP contribution in [0.1, 0.15) is 10.4 Å². The molecule has 16 heavy (non-hydrogen) atoms. The molecule has 0 atom stereocenters. The van der Waals surface area contributed by atoms with Crippen LogP contribution in [0, 0.1) is 10.1 Å². The number of nitrogens with two attached hydrogens (primary N) is 1. The summed E-state index contributed by atoms with van der Waals surface area (Å²) in [5, 5.41) is 10.6. The van der Waals surface area contributed by atoms with Crippen molar-refractivity contribution in [2.75, 3.05) is 18.7 Å². The first-order valence-electron chi connectivity index (χ1n) is 4.22. The molecule has 1 rings (SSSR count). The van der Waals surface area contributed by atoms with E-state index in [0.29, 0.717) is 0 Å². The number of ether oxygens (including phenoxy) is 1. The van der Waals surface area contributed by atoms with Gasteiger partial charge in [0, 0.05) is 6.07 Å². The van der Waals surface area contributed by atoms with Crippen LogP contribution >= 0.6 is 11.6 Å². The maximum atomic E-state index is 11.4. The fourth-order valence-corrected chi connectivity index (χ4v) is 1.39. The molecular weight excluding hydrogens is 236 g/mol. The summed E-state index contributed by atoms with van der Waals surface area (Å²) in [6.45, 7) is 0. The SMILES string of the molecule is COc1cc([N+](=O)[O-])cc(N)c1C(=O)CCl. The molecule has 0 amide bonds. The Morgan fingerprint density at radius 1 is 1.62 bits per heavy atom. The van der Waals surface area contributed by atoms with E-state index in [2.05, 4.69) is 0 Å². The lowest BCUT2D eigenvalue weighted by molar-refractivity contribution is -0.384. The monoisotopic (exact) mass is 244 g/mol. The van der Waals surface area contributed by atoms with Gasteiger partial charge in [-0.1, -0.05) is 0 Å². The number of alkyl halides is 1. The van der Waals surface area contributed by atoms with Gasteiger partial charge in [0.25, 0.3) is 5.69 Å². The number of benzene rings is 1. The van der Waals surface area contributed by atoms with Gasteiger partial charge in [-0.05, 0) is 0 Å². The van der Waals surface area contributed by atoms with Gasteiger partial charge in [0.2, 0.25) is 0 Å². The van der Waals surface area contributed by atoms with Gasteiger partial charge in [-0.3, -0.25) is 14.9 Å². The smallest absolute Gasteiger partial charge is 0.275 e. The van der Waals surface area contributed by atoms with Crippen LogP contribution in [-0.4, -0.2) is 23.7 Å². The number of methoxy groups -OCH3 is 1. The highest BCUT2D eigenvalue weighted by Crippen LogP contribution is 2.30. The van der Waals surface area contributed by atoms with Crippen molar-refractivity contribution in [3.05, 3.63) is 27.8 Å². The van der Waals surface area contributed by atoms with Crippen LogP contribution < -0.4 is 10.5 Å². The van der Waals surface area contributed by atoms with Crippen LogP contribution in [0.3, 0.4) is 0 Å². The van der Waals surface area contributed by atoms with E-state index in [-0.39, 0.29) is 28.6 Å². The first kappa shape index (κ1) is 12.3. The van der Waals surface area contributed by atoms with E-state index in [1.165, 1.54) is 7.11 Å². The highest BCUT2D eigenvalue weighted by Gasteiger charge is 2.20. The molecule has 0 unspecified atom stereocenters. The Labute approximate surface area is 96.1 Å². The highest BCUT2D eigenvalue weighted by atomic mass is 35.5. The highest BCUT2D eigenvalue weighted by molar-refractivity contribution is 6.31. The van der Waals surface area contributed by atoms with Crippen molar-refractivity contribution in [1.82, 2.24) is 0 Å². The van der Waals surface area contributed by atoms with Gasteiger partial charge in [0.15, 0.2) is 5.78 Å². The molecule has 2 N–H and O–H groups in total. The summed E-state index contributed by atoms with van der Waals surface area (Å²) in [6, 6.07) is 2.23. The fraction of sp³-hybridized carbons (Fsp3) is 0.222. The molecule has 0 spiro atoms. The van der Waals surface area contributed by atoms with Crippen molar-refractivity contribution in [2.45, 2.75) is 0 Å². The van der Waals surface area contributed by atoms with Crippen LogP contribution in [0.15, 0.2) is 12.1 Å². The van der Waals surface area contributed by atoms with E-state index in [9.17, 15) is 14.9 Å². The second-order valence-corrected chi connectivity index (χ2v) is 3.19. The van der Waals surface area contributed by atoms with Crippen molar-refractivity contribution in [3.8, 4) is 5.75 Å². The third-order valence-corrected chi connectivity index (χ3v) is 2.19. The number of nitrogens with zero attached hydrogens (tertiary/aromatic N) is 1. The lowest BCUT2D eigenvalue weighted by atomic mass is 10.1. The van der Waals surface area contributed by atoms with Crippen molar-refractivity contribution in [1.29, 1.82) is 0 Å². The molecule has 7 heteroatoms. The third-order valence-electron chi connectivity index (χ3n) is 1.95. The minimum absolute atomic E-state index is 0.0169. The summed E-state index contributed by atoms with van der Waals surface area (Å²) in [5.74, 6) is -0.651. The number of anilines is 1. The molecule has 0 fully saturated rings. The van der Waals surface area contributed by atoms with E-state index >= 15 is 0 Å². The number of hydrogen-bond acceptors (Lipinski definition) is 5. The van der Waals surface area contributed by atoms with Crippen molar-refractivity contribution >= 4 is 28.8 Å². The van der Waals surface area contributed by atoms with Crippen LogP contribution in [0.4, 0.5) is 11.4 Å². The molecule has 1 aromatic carbocycles. The zero-order valence-electron chi connectivity index (χ0n) is 8.40. The Hall–Kier alpha value is -1.82. The number of carbonyl (C=O) groups is 1. The number of Topliss-reactive ketones (excluding diaryl/α,β-unsaturated/α-hetero) is 1. The molecule has 6 nitrogen and oxygen atoms in total. The van der Waals surface area contributed by atoms with E-state index in [1.54, 1.807) is 0 Å². The first-order chi connectivity index (χ1) is 7.51. The van der Waals surface area contributed by atoms with Gasteiger partial charge >= 0.3 is 0 Å². The molecule has 0 aliphatic rings. The Bertz CT molecular complexity index is 447. The van der Waals surface area contributed by atoms with Gasteiger partial charge in [-0.2, -0.15) is 0 Å². The number of hydrogen-bond donors (Lipinski definition) is 1. The summed E-state index contributed by atoms with van der Waals surface area (Å²) in [4.78, 5) is 21.4. The lowest BCUT2D eigenvalue weighted by Gasteiger charge is -2.08. The van der Waals surface area contributed by atoms with Crippen molar-refractivity contribution in [3.63, 3.8) is 0 Å². The van der Waals surface area contributed by atoms with Crippen LogP contribution in [0.25, 0.3) is 0 Å². The molecular formula is C9H9ClN2O4. The molecule has 0 aliphatic heterocycles. The van der Waals surface area contributed by atoms with Gasteiger partial charge < -0.3 is 10.5 Å². The molecule has 0 bridgehead atoms. The summed E-state index contributed by atoms with van der Waals surface area (Å²) < 4.78 is 4.88. The Kier molecular flexibility index (Phi) is 3.68. The number of halogens is 1. The number of rotatable bonds is 4. The minimum Gasteiger partial charge on any atom is -0.496 e. The maximum Gasteiger partial charge on any atom is 0.275 e. The fourth-order valence-electron chi connectivity index (χ4n) is 1.25. The Balaban J connectivity index is 3.40. The molecule has 0 radical (unpaired) electrons. The molecule has 0 saturated carbocycles. The summed E-state index contributed by atoms with van der Waals surface area (Å²) in [5.41, 5.74) is 5.37. The normalized spacial score (nSPS) is 9.88. The number of nitro benzene ring substituents is 1. The molecule has 0 aliphatic carbocycles. The Morgan fingerprint density at radius 3 is 2.69 bits per heavy atom. The average Bonchev–Trinajstić information content (AvgIpc) is 2.26. The predicted molar refractivity (Wildman–Crippen MR) is 59.1 cm³/mol. The molecule has 0 saturated heterocycles. The van der Waals surface area contributed by atoms with E-state index in [1.807, 2.05) is 0 Å². The summed E-state index contributed by atoms with van der Waals surface area (Å²) in [6.07, 6.45) is 0. The van der Waals surface area contributed by atoms with E-state index in [0.717, 1.165) is 12.1 Å². The Morgan fingerprint density at radius 2 is 2.25 bits per heavy atom. The lowest BCUT2D eigenvalue weighted by Crippen LogP contribution is -2.08. The largest absolute Gasteiger partial charge is 0.496 e. The van der Waals surface area contributed by atoms with Crippen LogP contribution in [-0.2, 0) is 0 Å². The summed E-state index contributed by atoms with van der Waals surface area (Å²) in [7, 11) is 1.30. The number of nitrogen functional groups attached to an aromatic ring is 1. The quantitative estimate of drug-likeness (QED) is 0.285. The number of carbonyl (C=O) groups excluding carboxylic acids is 1. The zero-order chi connectivity index (χ0) is 12.3.